The minimum atomic E-state index is -0.442. The van der Waals surface area contributed by atoms with Crippen LogP contribution < -0.4 is 4.90 Å². The Morgan fingerprint density at radius 3 is 2.43 bits per heavy atom. The number of carbonyl (C=O) groups is 3. The number of thiazole rings is 1. The van der Waals surface area contributed by atoms with Crippen LogP contribution in [0.4, 0.5) is 5.13 Å². The molecule has 8 nitrogen and oxygen atoms in total. The molecule has 0 saturated heterocycles. The number of rotatable bonds is 7. The van der Waals surface area contributed by atoms with Crippen molar-refractivity contribution in [2.75, 3.05) is 18.0 Å². The number of imidazole rings is 1. The highest BCUT2D eigenvalue weighted by Crippen LogP contribution is 2.32. The molecule has 35 heavy (non-hydrogen) atoms. The number of hydrogen-bond acceptors (Lipinski definition) is 6. The number of benzene rings is 2. The molecular weight excluding hydrogens is 486 g/mol. The Hall–Kier alpha value is -3.56. The lowest BCUT2D eigenvalue weighted by atomic mass is 10.1. The molecule has 0 spiro atoms. The van der Waals surface area contributed by atoms with Crippen LogP contribution in [0, 0.1) is 13.8 Å². The molecule has 3 amide bonds. The maximum atomic E-state index is 13.5. The van der Waals surface area contributed by atoms with E-state index in [0.717, 1.165) is 26.2 Å². The Balaban J connectivity index is 0.00000289. The van der Waals surface area contributed by atoms with Crippen LogP contribution in [0.2, 0.25) is 0 Å². The van der Waals surface area contributed by atoms with Gasteiger partial charge in [-0.2, -0.15) is 0 Å². The molecule has 1 aliphatic heterocycles. The molecule has 0 unspecified atom stereocenters. The van der Waals surface area contributed by atoms with E-state index in [2.05, 4.69) is 4.98 Å². The first kappa shape index (κ1) is 24.6. The van der Waals surface area contributed by atoms with E-state index < -0.39 is 11.8 Å². The highest BCUT2D eigenvalue weighted by molar-refractivity contribution is 7.22. The second-order valence-corrected chi connectivity index (χ2v) is 9.30. The molecule has 0 fully saturated rings. The zero-order valence-corrected chi connectivity index (χ0v) is 20.9. The van der Waals surface area contributed by atoms with Gasteiger partial charge >= 0.3 is 0 Å². The summed E-state index contributed by atoms with van der Waals surface area (Å²) in [6.45, 7) is 4.80. The molecule has 0 bridgehead atoms. The van der Waals surface area contributed by atoms with Gasteiger partial charge in [-0.1, -0.05) is 29.5 Å². The lowest BCUT2D eigenvalue weighted by Crippen LogP contribution is -2.43. The van der Waals surface area contributed by atoms with Crippen molar-refractivity contribution in [2.24, 2.45) is 0 Å². The molecule has 10 heteroatoms. The summed E-state index contributed by atoms with van der Waals surface area (Å²) in [5.74, 6) is -1.22. The lowest BCUT2D eigenvalue weighted by molar-refractivity contribution is -0.119. The van der Waals surface area contributed by atoms with Crippen molar-refractivity contribution in [2.45, 2.75) is 26.8 Å². The van der Waals surface area contributed by atoms with E-state index in [1.807, 2.05) is 36.7 Å². The van der Waals surface area contributed by atoms with E-state index in [1.165, 1.54) is 11.3 Å². The summed E-state index contributed by atoms with van der Waals surface area (Å²) in [5, 5.41) is 0.566. The van der Waals surface area contributed by atoms with Crippen LogP contribution in [0.15, 0.2) is 55.1 Å². The molecule has 4 aromatic rings. The van der Waals surface area contributed by atoms with Gasteiger partial charge in [0.1, 0.15) is 6.54 Å². The van der Waals surface area contributed by atoms with E-state index in [1.54, 1.807) is 41.7 Å². The summed E-state index contributed by atoms with van der Waals surface area (Å²) in [4.78, 5) is 50.6. The van der Waals surface area contributed by atoms with Gasteiger partial charge < -0.3 is 4.57 Å². The number of amides is 3. The molecule has 0 saturated carbocycles. The Kier molecular flexibility index (Phi) is 7.00. The number of carbonyl (C=O) groups excluding carboxylic acids is 3. The largest absolute Gasteiger partial charge is 0.337 e. The molecular formula is C25H24ClN5O3S. The lowest BCUT2D eigenvalue weighted by Gasteiger charge is -2.22. The predicted molar refractivity (Wildman–Crippen MR) is 137 cm³/mol. The number of imide groups is 1. The summed E-state index contributed by atoms with van der Waals surface area (Å²) < 4.78 is 2.94. The number of fused-ring (bicyclic) bond motifs is 2. The molecule has 0 atom stereocenters. The third-order valence-corrected chi connectivity index (χ3v) is 7.18. The second kappa shape index (κ2) is 9.97. The van der Waals surface area contributed by atoms with Gasteiger partial charge in [0.25, 0.3) is 11.8 Å². The Labute approximate surface area is 212 Å². The zero-order valence-electron chi connectivity index (χ0n) is 19.3. The molecule has 2 aromatic carbocycles. The Morgan fingerprint density at radius 2 is 1.77 bits per heavy atom. The molecule has 5 rings (SSSR count). The maximum absolute atomic E-state index is 13.5. The van der Waals surface area contributed by atoms with Crippen LogP contribution in [0.3, 0.4) is 0 Å². The quantitative estimate of drug-likeness (QED) is 0.347. The summed E-state index contributed by atoms with van der Waals surface area (Å²) in [7, 11) is 0. The Morgan fingerprint density at radius 1 is 1.06 bits per heavy atom. The van der Waals surface area contributed by atoms with Crippen molar-refractivity contribution in [3.63, 3.8) is 0 Å². The van der Waals surface area contributed by atoms with E-state index in [4.69, 9.17) is 4.98 Å². The van der Waals surface area contributed by atoms with Crippen molar-refractivity contribution in [3.8, 4) is 0 Å². The minimum absolute atomic E-state index is 0. The van der Waals surface area contributed by atoms with E-state index in [-0.39, 0.29) is 24.9 Å². The van der Waals surface area contributed by atoms with Gasteiger partial charge in [-0.25, -0.2) is 9.97 Å². The van der Waals surface area contributed by atoms with E-state index >= 15 is 0 Å². The first-order chi connectivity index (χ1) is 16.4. The van der Waals surface area contributed by atoms with Crippen LogP contribution in [-0.2, 0) is 11.3 Å². The molecule has 3 heterocycles. The SMILES string of the molecule is Cc1ccc2sc(N(CCCn3ccnc3)C(=O)CN3C(=O)c4ccccc4C3=O)nc2c1C.Cl. The fourth-order valence-electron chi connectivity index (χ4n) is 4.09. The normalized spacial score (nSPS) is 12.7. The highest BCUT2D eigenvalue weighted by atomic mass is 35.5. The van der Waals surface area contributed by atoms with Crippen LogP contribution in [0.25, 0.3) is 10.2 Å². The number of aromatic nitrogens is 3. The van der Waals surface area contributed by atoms with Gasteiger partial charge in [0.15, 0.2) is 5.13 Å². The number of aryl methyl sites for hydroxylation is 3. The first-order valence-corrected chi connectivity index (χ1v) is 11.8. The molecule has 2 aromatic heterocycles. The Bertz CT molecular complexity index is 1380. The van der Waals surface area contributed by atoms with Crippen molar-refractivity contribution >= 4 is 56.8 Å². The average Bonchev–Trinajstić information content (AvgIpc) is 3.56. The van der Waals surface area contributed by atoms with Crippen LogP contribution in [0.1, 0.15) is 38.3 Å². The average molecular weight is 510 g/mol. The minimum Gasteiger partial charge on any atom is -0.337 e. The number of anilines is 1. The summed E-state index contributed by atoms with van der Waals surface area (Å²) in [6.07, 6.45) is 5.98. The van der Waals surface area contributed by atoms with Crippen molar-refractivity contribution in [1.29, 1.82) is 0 Å². The number of nitrogens with zero attached hydrogens (tertiary/aromatic N) is 5. The molecule has 0 aliphatic carbocycles. The molecule has 0 N–H and O–H groups in total. The van der Waals surface area contributed by atoms with Crippen molar-refractivity contribution in [3.05, 3.63) is 77.4 Å². The summed E-state index contributed by atoms with van der Waals surface area (Å²) >= 11 is 1.44. The maximum Gasteiger partial charge on any atom is 0.262 e. The van der Waals surface area contributed by atoms with Crippen LogP contribution in [-0.4, -0.2) is 50.2 Å². The fraction of sp³-hybridized carbons (Fsp3) is 0.240. The van der Waals surface area contributed by atoms with Gasteiger partial charge in [0, 0.05) is 25.5 Å². The van der Waals surface area contributed by atoms with Gasteiger partial charge in [-0.15, -0.1) is 12.4 Å². The molecule has 180 valence electrons. The molecule has 1 aliphatic rings. The predicted octanol–water partition coefficient (Wildman–Crippen LogP) is 4.25. The fourth-order valence-corrected chi connectivity index (χ4v) is 5.16. The topological polar surface area (TPSA) is 88.4 Å². The molecule has 0 radical (unpaired) electrons. The first-order valence-electron chi connectivity index (χ1n) is 11.0. The highest BCUT2D eigenvalue weighted by Gasteiger charge is 2.37. The van der Waals surface area contributed by atoms with Crippen molar-refractivity contribution in [1.82, 2.24) is 19.4 Å². The standard InChI is InChI=1S/C25H23N5O3S.ClH/c1-16-8-9-20-22(17(16)2)27-25(34-20)29(12-5-11-28-13-10-26-15-28)21(31)14-30-23(32)18-6-3-4-7-19(18)24(30)33;/h3-4,6-10,13,15H,5,11-12,14H2,1-2H3;1H. The van der Waals surface area contributed by atoms with Gasteiger partial charge in [-0.3, -0.25) is 24.2 Å². The van der Waals surface area contributed by atoms with Crippen LogP contribution in [0.5, 0.6) is 0 Å². The number of hydrogen-bond donors (Lipinski definition) is 0. The van der Waals surface area contributed by atoms with E-state index in [9.17, 15) is 14.4 Å². The zero-order chi connectivity index (χ0) is 23.8. The smallest absolute Gasteiger partial charge is 0.262 e. The van der Waals surface area contributed by atoms with Crippen LogP contribution >= 0.6 is 23.7 Å². The summed E-state index contributed by atoms with van der Waals surface area (Å²) in [6, 6.07) is 10.7. The second-order valence-electron chi connectivity index (χ2n) is 8.29. The van der Waals surface area contributed by atoms with Crippen molar-refractivity contribution < 1.29 is 14.4 Å². The van der Waals surface area contributed by atoms with Gasteiger partial charge in [-0.05, 0) is 49.6 Å². The third kappa shape index (κ3) is 4.56. The van der Waals surface area contributed by atoms with Gasteiger partial charge in [0.05, 0.1) is 27.7 Å². The third-order valence-electron chi connectivity index (χ3n) is 6.13. The monoisotopic (exact) mass is 509 g/mol. The number of halogens is 1. The van der Waals surface area contributed by atoms with Gasteiger partial charge in [0.2, 0.25) is 5.91 Å². The summed E-state index contributed by atoms with van der Waals surface area (Å²) in [5.41, 5.74) is 3.74. The van der Waals surface area contributed by atoms with E-state index in [0.29, 0.717) is 35.8 Å².